The molecule has 0 aliphatic carbocycles. The minimum atomic E-state index is 1.17. The molecule has 0 fully saturated rings. The van der Waals surface area contributed by atoms with E-state index in [9.17, 15) is 0 Å². The second kappa shape index (κ2) is 4.67. The van der Waals surface area contributed by atoms with Crippen molar-refractivity contribution in [1.82, 2.24) is 4.40 Å². The maximum absolute atomic E-state index is 2.31. The van der Waals surface area contributed by atoms with Gasteiger partial charge < -0.3 is 4.90 Å². The first-order chi connectivity index (χ1) is 10.3. The van der Waals surface area contributed by atoms with Crippen molar-refractivity contribution in [3.63, 3.8) is 0 Å². The third-order valence-corrected chi connectivity index (χ3v) is 3.99. The van der Waals surface area contributed by atoms with Gasteiger partial charge in [0.1, 0.15) is 5.82 Å². The van der Waals surface area contributed by atoms with Crippen LogP contribution in [0.2, 0.25) is 0 Å². The van der Waals surface area contributed by atoms with Gasteiger partial charge in [-0.3, -0.25) is 4.40 Å². The smallest absolute Gasteiger partial charge is 0.117 e. The van der Waals surface area contributed by atoms with Gasteiger partial charge in [-0.15, -0.1) is 0 Å². The number of hydrogen-bond donors (Lipinski definition) is 0. The molecule has 2 heterocycles. The Kier molecular flexibility index (Phi) is 2.68. The number of nitrogens with zero attached hydrogens (tertiary/aromatic N) is 2. The summed E-state index contributed by atoms with van der Waals surface area (Å²) in [4.78, 5) is 2.22. The van der Waals surface area contributed by atoms with Crippen molar-refractivity contribution in [2.45, 2.75) is 0 Å². The minimum absolute atomic E-state index is 1.17. The summed E-state index contributed by atoms with van der Waals surface area (Å²) in [5.74, 6) is 1.17. The van der Waals surface area contributed by atoms with Gasteiger partial charge in [0.05, 0.1) is 5.52 Å². The van der Waals surface area contributed by atoms with Crippen molar-refractivity contribution in [3.05, 3.63) is 78.9 Å². The molecule has 0 aliphatic heterocycles. The number of pyridine rings is 1. The van der Waals surface area contributed by atoms with E-state index in [1.54, 1.807) is 0 Å². The van der Waals surface area contributed by atoms with E-state index in [0.29, 0.717) is 0 Å². The van der Waals surface area contributed by atoms with Crippen LogP contribution in [0.3, 0.4) is 0 Å². The lowest BCUT2D eigenvalue weighted by molar-refractivity contribution is 1.11. The quantitative estimate of drug-likeness (QED) is 0.505. The summed E-state index contributed by atoms with van der Waals surface area (Å²) in [5, 5.41) is 1.25. The molecular formula is C19H16N2. The fraction of sp³-hybridized carbons (Fsp3) is 0.0526. The molecule has 0 saturated heterocycles. The van der Waals surface area contributed by atoms with E-state index in [2.05, 4.69) is 89.1 Å². The molecule has 2 aromatic carbocycles. The topological polar surface area (TPSA) is 7.65 Å². The summed E-state index contributed by atoms with van der Waals surface area (Å²) in [5.41, 5.74) is 3.63. The largest absolute Gasteiger partial charge is 0.331 e. The van der Waals surface area contributed by atoms with E-state index < -0.39 is 0 Å². The van der Waals surface area contributed by atoms with Crippen LogP contribution in [-0.4, -0.2) is 11.4 Å². The fourth-order valence-corrected chi connectivity index (χ4v) is 2.89. The third kappa shape index (κ3) is 1.88. The van der Waals surface area contributed by atoms with Crippen LogP contribution in [0.5, 0.6) is 0 Å². The van der Waals surface area contributed by atoms with Crippen molar-refractivity contribution in [2.24, 2.45) is 0 Å². The lowest BCUT2D eigenvalue weighted by Crippen LogP contribution is -2.11. The first-order valence-corrected chi connectivity index (χ1v) is 7.12. The SMILES string of the molecule is CN(c1ccccc1)c1ccc2ccc3ccccc3n12. The Balaban J connectivity index is 1.99. The van der Waals surface area contributed by atoms with Gasteiger partial charge >= 0.3 is 0 Å². The van der Waals surface area contributed by atoms with Gasteiger partial charge in [-0.25, -0.2) is 0 Å². The van der Waals surface area contributed by atoms with Crippen LogP contribution in [0.15, 0.2) is 78.9 Å². The summed E-state index contributed by atoms with van der Waals surface area (Å²) >= 11 is 0. The number of benzene rings is 2. The zero-order chi connectivity index (χ0) is 14.2. The normalized spacial score (nSPS) is 11.1. The molecule has 2 heteroatoms. The van der Waals surface area contributed by atoms with Gasteiger partial charge in [0.15, 0.2) is 0 Å². The van der Waals surface area contributed by atoms with E-state index >= 15 is 0 Å². The maximum atomic E-state index is 2.31. The molecule has 0 spiro atoms. The molecule has 4 rings (SSSR count). The molecule has 2 nitrogen and oxygen atoms in total. The standard InChI is InChI=1S/C19H16N2/c1-20(16-8-3-2-4-9-16)19-14-13-17-12-11-15-7-5-6-10-18(15)21(17)19/h2-14H,1H3. The van der Waals surface area contributed by atoms with Crippen LogP contribution in [-0.2, 0) is 0 Å². The van der Waals surface area contributed by atoms with E-state index in [-0.39, 0.29) is 0 Å². The lowest BCUT2D eigenvalue weighted by Gasteiger charge is -2.20. The zero-order valence-corrected chi connectivity index (χ0v) is 11.9. The van der Waals surface area contributed by atoms with E-state index in [1.165, 1.54) is 27.9 Å². The second-order valence-electron chi connectivity index (χ2n) is 5.24. The van der Waals surface area contributed by atoms with Gasteiger partial charge in [-0.05, 0) is 41.8 Å². The highest BCUT2D eigenvalue weighted by molar-refractivity contribution is 5.85. The first kappa shape index (κ1) is 12.0. The number of anilines is 2. The minimum Gasteiger partial charge on any atom is -0.331 e. The Labute approximate surface area is 123 Å². The Morgan fingerprint density at radius 1 is 0.714 bits per heavy atom. The van der Waals surface area contributed by atoms with Crippen molar-refractivity contribution < 1.29 is 0 Å². The van der Waals surface area contributed by atoms with Gasteiger partial charge in [0, 0.05) is 18.3 Å². The molecule has 0 atom stereocenters. The molecule has 0 unspecified atom stereocenters. The summed E-state index contributed by atoms with van der Waals surface area (Å²) in [7, 11) is 2.11. The molecule has 4 aromatic rings. The molecule has 0 saturated carbocycles. The number of hydrogen-bond acceptors (Lipinski definition) is 1. The molecule has 2 aromatic heterocycles. The first-order valence-electron chi connectivity index (χ1n) is 7.12. The lowest BCUT2D eigenvalue weighted by atomic mass is 10.2. The summed E-state index contributed by atoms with van der Waals surface area (Å²) in [6.07, 6.45) is 0. The highest BCUT2D eigenvalue weighted by Gasteiger charge is 2.10. The van der Waals surface area contributed by atoms with Crippen molar-refractivity contribution in [1.29, 1.82) is 0 Å². The number of fused-ring (bicyclic) bond motifs is 3. The maximum Gasteiger partial charge on any atom is 0.117 e. The number of rotatable bonds is 2. The molecular weight excluding hydrogens is 256 g/mol. The number of aromatic nitrogens is 1. The predicted octanol–water partition coefficient (Wildman–Crippen LogP) is 4.86. The molecule has 102 valence electrons. The van der Waals surface area contributed by atoms with Crippen LogP contribution in [0.4, 0.5) is 11.5 Å². The highest BCUT2D eigenvalue weighted by atomic mass is 15.2. The van der Waals surface area contributed by atoms with Crippen LogP contribution in [0, 0.1) is 0 Å². The predicted molar refractivity (Wildman–Crippen MR) is 89.4 cm³/mol. The van der Waals surface area contributed by atoms with E-state index in [0.717, 1.165) is 0 Å². The van der Waals surface area contributed by atoms with Crippen molar-refractivity contribution >= 4 is 27.9 Å². The second-order valence-corrected chi connectivity index (χ2v) is 5.24. The Hall–Kier alpha value is -2.74. The number of para-hydroxylation sites is 2. The Morgan fingerprint density at radius 2 is 1.43 bits per heavy atom. The van der Waals surface area contributed by atoms with E-state index in [1.807, 2.05) is 6.07 Å². The molecule has 0 bridgehead atoms. The van der Waals surface area contributed by atoms with Crippen LogP contribution < -0.4 is 4.90 Å². The van der Waals surface area contributed by atoms with Crippen LogP contribution in [0.25, 0.3) is 16.4 Å². The molecule has 0 radical (unpaired) electrons. The third-order valence-electron chi connectivity index (χ3n) is 3.99. The summed E-state index contributed by atoms with van der Waals surface area (Å²) in [6.45, 7) is 0. The Morgan fingerprint density at radius 3 is 2.29 bits per heavy atom. The zero-order valence-electron chi connectivity index (χ0n) is 11.9. The molecule has 0 amide bonds. The molecule has 21 heavy (non-hydrogen) atoms. The van der Waals surface area contributed by atoms with Crippen molar-refractivity contribution in [2.75, 3.05) is 11.9 Å². The van der Waals surface area contributed by atoms with Gasteiger partial charge in [-0.2, -0.15) is 0 Å². The highest BCUT2D eigenvalue weighted by Crippen LogP contribution is 2.29. The monoisotopic (exact) mass is 272 g/mol. The van der Waals surface area contributed by atoms with Crippen molar-refractivity contribution in [3.8, 4) is 0 Å². The Bertz CT molecular complexity index is 907. The van der Waals surface area contributed by atoms with Gasteiger partial charge in [0.25, 0.3) is 0 Å². The van der Waals surface area contributed by atoms with E-state index in [4.69, 9.17) is 0 Å². The summed E-state index contributed by atoms with van der Waals surface area (Å²) in [6, 6.07) is 27.6. The van der Waals surface area contributed by atoms with Crippen LogP contribution in [0.1, 0.15) is 0 Å². The van der Waals surface area contributed by atoms with Crippen LogP contribution >= 0.6 is 0 Å². The summed E-state index contributed by atoms with van der Waals surface area (Å²) < 4.78 is 2.31. The average molecular weight is 272 g/mol. The molecule has 0 N–H and O–H groups in total. The average Bonchev–Trinajstić information content (AvgIpc) is 2.99. The molecule has 0 aliphatic rings. The fourth-order valence-electron chi connectivity index (χ4n) is 2.89. The van der Waals surface area contributed by atoms with Gasteiger partial charge in [0.2, 0.25) is 0 Å². The van der Waals surface area contributed by atoms with Gasteiger partial charge in [-0.1, -0.05) is 42.5 Å².